The minimum absolute atomic E-state index is 0.0653. The van der Waals surface area contributed by atoms with Crippen molar-refractivity contribution in [3.05, 3.63) is 0 Å². The van der Waals surface area contributed by atoms with Crippen LogP contribution >= 0.6 is 36.2 Å². The molecule has 0 aromatic heterocycles. The Kier molecular flexibility index (Phi) is 3.15. The second-order valence-corrected chi connectivity index (χ2v) is 9.78. The van der Waals surface area contributed by atoms with Crippen molar-refractivity contribution in [2.75, 3.05) is 14.1 Å². The third-order valence-corrected chi connectivity index (χ3v) is 9.43. The van der Waals surface area contributed by atoms with E-state index in [1.54, 1.807) is 0 Å². The molecule has 2 aliphatic heterocycles. The SMILES string of the molecule is CN1C(=S)N(C)C2(SC(C)(C)C2(C)C)C(C)(C)C1=S. The Balaban J connectivity index is 2.63. The van der Waals surface area contributed by atoms with Crippen LogP contribution in [0.1, 0.15) is 41.5 Å². The van der Waals surface area contributed by atoms with Crippen LogP contribution in [0, 0.1) is 10.8 Å². The highest BCUT2D eigenvalue weighted by atomic mass is 32.2. The summed E-state index contributed by atoms with van der Waals surface area (Å²) >= 11 is 13.3. The first-order chi connectivity index (χ1) is 8.34. The summed E-state index contributed by atoms with van der Waals surface area (Å²) in [6.07, 6.45) is 0. The van der Waals surface area contributed by atoms with Crippen LogP contribution in [-0.4, -0.2) is 43.6 Å². The predicted octanol–water partition coefficient (Wildman–Crippen LogP) is 3.75. The molecule has 2 fully saturated rings. The van der Waals surface area contributed by atoms with Gasteiger partial charge in [-0.2, -0.15) is 0 Å². The Labute approximate surface area is 132 Å². The summed E-state index contributed by atoms with van der Waals surface area (Å²) in [5, 5.41) is 0.834. The topological polar surface area (TPSA) is 6.48 Å². The molecular formula is C14H24N2S3. The normalized spacial score (nSPS) is 35.6. The van der Waals surface area contributed by atoms with Gasteiger partial charge in [0.05, 0.1) is 4.99 Å². The van der Waals surface area contributed by atoms with E-state index in [4.69, 9.17) is 24.4 Å². The lowest BCUT2D eigenvalue weighted by Crippen LogP contribution is -2.82. The molecule has 1 unspecified atom stereocenters. The second kappa shape index (κ2) is 3.86. The molecule has 0 N–H and O–H groups in total. The van der Waals surface area contributed by atoms with Gasteiger partial charge in [-0.15, -0.1) is 11.8 Å². The van der Waals surface area contributed by atoms with Crippen molar-refractivity contribution in [1.82, 2.24) is 9.80 Å². The maximum Gasteiger partial charge on any atom is 0.177 e. The standard InChI is InChI=1S/C14H24N2S3/c1-11(2)9(17)15(7)10(18)16(8)14(11)12(3,4)13(5,6)19-14/h1-8H3. The van der Waals surface area contributed by atoms with Crippen LogP contribution in [0.25, 0.3) is 0 Å². The van der Waals surface area contributed by atoms with Gasteiger partial charge < -0.3 is 9.80 Å². The van der Waals surface area contributed by atoms with Crippen LogP contribution in [-0.2, 0) is 0 Å². The number of thiocarbonyl (C=S) groups is 2. The van der Waals surface area contributed by atoms with Crippen LogP contribution in [0.3, 0.4) is 0 Å². The van der Waals surface area contributed by atoms with E-state index >= 15 is 0 Å². The molecule has 2 rings (SSSR count). The van der Waals surface area contributed by atoms with Gasteiger partial charge in [-0.25, -0.2) is 0 Å². The fourth-order valence-electron chi connectivity index (χ4n) is 3.81. The number of hydrogen-bond donors (Lipinski definition) is 0. The maximum atomic E-state index is 5.72. The van der Waals surface area contributed by atoms with E-state index in [0.29, 0.717) is 0 Å². The minimum atomic E-state index is -0.0994. The van der Waals surface area contributed by atoms with Crippen LogP contribution in [0.15, 0.2) is 0 Å². The Hall–Kier alpha value is 0.130. The lowest BCUT2D eigenvalue weighted by molar-refractivity contribution is -0.00982. The van der Waals surface area contributed by atoms with Gasteiger partial charge in [-0.3, -0.25) is 0 Å². The highest BCUT2D eigenvalue weighted by molar-refractivity contribution is 8.03. The first-order valence-corrected chi connectivity index (χ1v) is 8.24. The second-order valence-electron chi connectivity index (χ2n) is 7.21. The highest BCUT2D eigenvalue weighted by Crippen LogP contribution is 2.74. The number of nitrogens with zero attached hydrogens (tertiary/aromatic N) is 2. The van der Waals surface area contributed by atoms with Gasteiger partial charge in [0.1, 0.15) is 4.87 Å². The van der Waals surface area contributed by atoms with Crippen LogP contribution < -0.4 is 0 Å². The Morgan fingerprint density at radius 1 is 0.947 bits per heavy atom. The molecule has 0 radical (unpaired) electrons. The zero-order valence-corrected chi connectivity index (χ0v) is 15.6. The third-order valence-electron chi connectivity index (χ3n) is 5.49. The van der Waals surface area contributed by atoms with Crippen LogP contribution in [0.4, 0.5) is 0 Å². The molecule has 2 nitrogen and oxygen atoms in total. The predicted molar refractivity (Wildman–Crippen MR) is 92.7 cm³/mol. The molecule has 2 heterocycles. The zero-order valence-electron chi connectivity index (χ0n) is 13.1. The van der Waals surface area contributed by atoms with Gasteiger partial charge >= 0.3 is 0 Å². The summed E-state index contributed by atoms with van der Waals surface area (Å²) in [6.45, 7) is 13.8. The number of thioether (sulfide) groups is 1. The van der Waals surface area contributed by atoms with E-state index in [1.165, 1.54) is 0 Å². The van der Waals surface area contributed by atoms with E-state index in [1.807, 2.05) is 23.7 Å². The van der Waals surface area contributed by atoms with E-state index < -0.39 is 0 Å². The van der Waals surface area contributed by atoms with E-state index in [2.05, 4.69) is 53.5 Å². The summed E-state index contributed by atoms with van der Waals surface area (Å²) in [4.78, 5) is 5.14. The van der Waals surface area contributed by atoms with Crippen molar-refractivity contribution < 1.29 is 0 Å². The first-order valence-electron chi connectivity index (χ1n) is 6.61. The van der Waals surface area contributed by atoms with E-state index in [9.17, 15) is 0 Å². The molecular weight excluding hydrogens is 292 g/mol. The molecule has 0 aromatic carbocycles. The number of rotatable bonds is 0. The van der Waals surface area contributed by atoms with E-state index in [0.717, 1.165) is 10.1 Å². The van der Waals surface area contributed by atoms with Crippen molar-refractivity contribution >= 4 is 46.3 Å². The van der Waals surface area contributed by atoms with Gasteiger partial charge in [-0.05, 0) is 26.1 Å². The smallest absolute Gasteiger partial charge is 0.177 e. The lowest BCUT2D eigenvalue weighted by atomic mass is 9.60. The summed E-state index contributed by atoms with van der Waals surface area (Å²) in [6, 6.07) is 0. The monoisotopic (exact) mass is 316 g/mol. The molecule has 5 heteroatoms. The molecule has 0 saturated carbocycles. The van der Waals surface area contributed by atoms with Crippen molar-refractivity contribution in [2.24, 2.45) is 10.8 Å². The molecule has 1 spiro atoms. The van der Waals surface area contributed by atoms with Crippen molar-refractivity contribution in [3.63, 3.8) is 0 Å². The van der Waals surface area contributed by atoms with Gasteiger partial charge in [0, 0.05) is 29.7 Å². The number of hydrogen-bond acceptors (Lipinski definition) is 3. The molecule has 0 bridgehead atoms. The maximum absolute atomic E-state index is 5.72. The Bertz CT molecular complexity index is 467. The third kappa shape index (κ3) is 1.45. The molecule has 0 aromatic rings. The largest absolute Gasteiger partial charge is 0.336 e. The molecule has 0 aliphatic carbocycles. The Morgan fingerprint density at radius 2 is 1.42 bits per heavy atom. The minimum Gasteiger partial charge on any atom is -0.336 e. The van der Waals surface area contributed by atoms with Crippen molar-refractivity contribution in [2.45, 2.75) is 51.2 Å². The van der Waals surface area contributed by atoms with Crippen molar-refractivity contribution in [3.8, 4) is 0 Å². The summed E-state index contributed by atoms with van der Waals surface area (Å²) < 4.78 is 0.222. The zero-order chi connectivity index (χ0) is 15.0. The molecule has 1 atom stereocenters. The van der Waals surface area contributed by atoms with Crippen molar-refractivity contribution in [1.29, 1.82) is 0 Å². The fourth-order valence-corrected chi connectivity index (χ4v) is 6.53. The molecule has 2 aliphatic rings. The molecule has 108 valence electrons. The molecule has 0 amide bonds. The first kappa shape index (κ1) is 15.5. The van der Waals surface area contributed by atoms with Gasteiger partial charge in [-0.1, -0.05) is 39.9 Å². The highest BCUT2D eigenvalue weighted by Gasteiger charge is 2.75. The molecule has 19 heavy (non-hydrogen) atoms. The summed E-state index contributed by atoms with van der Waals surface area (Å²) in [5.41, 5.74) is 0.0239. The van der Waals surface area contributed by atoms with E-state index in [-0.39, 0.29) is 20.4 Å². The Morgan fingerprint density at radius 3 is 1.79 bits per heavy atom. The van der Waals surface area contributed by atoms with Crippen LogP contribution in [0.5, 0.6) is 0 Å². The quantitative estimate of drug-likeness (QED) is 0.626. The lowest BCUT2D eigenvalue weighted by Gasteiger charge is -2.76. The van der Waals surface area contributed by atoms with Gasteiger partial charge in [0.25, 0.3) is 0 Å². The van der Waals surface area contributed by atoms with Gasteiger partial charge in [0.15, 0.2) is 5.11 Å². The summed E-state index contributed by atoms with van der Waals surface area (Å²) in [5.74, 6) is 0. The average Bonchev–Trinajstić information content (AvgIpc) is 2.30. The van der Waals surface area contributed by atoms with Gasteiger partial charge in [0.2, 0.25) is 0 Å². The van der Waals surface area contributed by atoms with Crippen LogP contribution in [0.2, 0.25) is 0 Å². The fraction of sp³-hybridized carbons (Fsp3) is 0.857. The summed E-state index contributed by atoms with van der Waals surface area (Å²) in [7, 11) is 4.10. The molecule has 2 saturated heterocycles. The average molecular weight is 317 g/mol.